The van der Waals surface area contributed by atoms with Crippen LogP contribution in [0.3, 0.4) is 0 Å². The molecule has 0 N–H and O–H groups in total. The van der Waals surface area contributed by atoms with Crippen LogP contribution >= 0.6 is 15.9 Å². The van der Waals surface area contributed by atoms with Crippen molar-refractivity contribution in [3.05, 3.63) is 23.8 Å². The van der Waals surface area contributed by atoms with Crippen LogP contribution in [-0.4, -0.2) is 24.1 Å². The molecule has 1 aromatic rings. The molecule has 0 aromatic heterocycles. The number of ether oxygens (including phenoxy) is 2. The zero-order valence-corrected chi connectivity index (χ0v) is 11.7. The fourth-order valence-corrected chi connectivity index (χ4v) is 1.79. The smallest absolute Gasteiger partial charge is 0.493 e. The number of alkyl halides is 4. The molecule has 1 aromatic carbocycles. The predicted molar refractivity (Wildman–Crippen MR) is 67.0 cm³/mol. The van der Waals surface area contributed by atoms with Crippen LogP contribution in [0.5, 0.6) is 11.5 Å². The summed E-state index contributed by atoms with van der Waals surface area (Å²) in [4.78, 5) is 11.8. The summed E-state index contributed by atoms with van der Waals surface area (Å²) in [6, 6.07) is 3.44. The Bertz CT molecular complexity index is 446. The van der Waals surface area contributed by atoms with Crippen molar-refractivity contribution in [1.82, 2.24) is 0 Å². The second kappa shape index (κ2) is 6.79. The number of Topliss-reactive ketones (excluding diaryl/α,β-unsaturated/α-hetero) is 1. The van der Waals surface area contributed by atoms with Crippen molar-refractivity contribution < 1.29 is 27.4 Å². The van der Waals surface area contributed by atoms with Gasteiger partial charge in [0.25, 0.3) is 0 Å². The van der Waals surface area contributed by atoms with Gasteiger partial charge >= 0.3 is 6.36 Å². The number of hydrogen-bond acceptors (Lipinski definition) is 3. The van der Waals surface area contributed by atoms with Gasteiger partial charge in [0.2, 0.25) is 0 Å². The Balaban J connectivity index is 3.03. The summed E-state index contributed by atoms with van der Waals surface area (Å²) < 4.78 is 45.3. The molecule has 0 heterocycles. The van der Waals surface area contributed by atoms with E-state index in [1.807, 2.05) is 0 Å². The van der Waals surface area contributed by atoms with Crippen LogP contribution in [0.2, 0.25) is 0 Å². The molecule has 0 aliphatic heterocycles. The van der Waals surface area contributed by atoms with E-state index in [1.165, 1.54) is 6.07 Å². The number of carbonyl (C=O) groups is 1. The number of benzene rings is 1. The summed E-state index contributed by atoms with van der Waals surface area (Å²) in [7, 11) is 0. The third-order valence-electron chi connectivity index (χ3n) is 2.11. The highest BCUT2D eigenvalue weighted by atomic mass is 79.9. The van der Waals surface area contributed by atoms with E-state index in [9.17, 15) is 18.0 Å². The average Bonchev–Trinajstić information content (AvgIpc) is 2.27. The van der Waals surface area contributed by atoms with Crippen LogP contribution in [0.1, 0.15) is 23.7 Å². The number of ketones is 1. The molecule has 0 aliphatic carbocycles. The van der Waals surface area contributed by atoms with E-state index >= 15 is 0 Å². The van der Waals surface area contributed by atoms with Gasteiger partial charge in [-0.05, 0) is 19.1 Å². The maximum absolute atomic E-state index is 12.1. The Morgan fingerprint density at radius 3 is 2.58 bits per heavy atom. The van der Waals surface area contributed by atoms with E-state index in [1.54, 1.807) is 6.92 Å². The lowest BCUT2D eigenvalue weighted by Gasteiger charge is -2.13. The minimum Gasteiger partial charge on any atom is -0.493 e. The zero-order valence-electron chi connectivity index (χ0n) is 10.1. The maximum Gasteiger partial charge on any atom is 0.573 e. The van der Waals surface area contributed by atoms with E-state index in [0.717, 1.165) is 12.1 Å². The summed E-state index contributed by atoms with van der Waals surface area (Å²) in [6.45, 7) is 1.92. The van der Waals surface area contributed by atoms with Crippen molar-refractivity contribution in [2.45, 2.75) is 19.7 Å². The van der Waals surface area contributed by atoms with Crippen LogP contribution in [0.4, 0.5) is 13.2 Å². The molecular weight excluding hydrogens is 329 g/mol. The van der Waals surface area contributed by atoms with Gasteiger partial charge in [0, 0.05) is 17.8 Å². The second-order valence-corrected chi connectivity index (χ2v) is 4.29. The molecular formula is C12H12BrF3O3. The lowest BCUT2D eigenvalue weighted by molar-refractivity contribution is -0.274. The summed E-state index contributed by atoms with van der Waals surface area (Å²) in [5.41, 5.74) is 0.246. The standard InChI is InChI=1S/C12H12BrF3O3/c1-2-18-11-7-8(19-12(14,15)16)3-4-9(11)10(17)5-6-13/h3-4,7H,2,5-6H2,1H3. The lowest BCUT2D eigenvalue weighted by atomic mass is 10.1. The molecule has 0 atom stereocenters. The Morgan fingerprint density at radius 2 is 2.05 bits per heavy atom. The van der Waals surface area contributed by atoms with Gasteiger partial charge in [-0.15, -0.1) is 13.2 Å². The van der Waals surface area contributed by atoms with Crippen LogP contribution < -0.4 is 9.47 Å². The minimum absolute atomic E-state index is 0.0928. The molecule has 0 saturated heterocycles. The molecule has 0 radical (unpaired) electrons. The van der Waals surface area contributed by atoms with Crippen molar-refractivity contribution in [2.75, 3.05) is 11.9 Å². The van der Waals surface area contributed by atoms with Gasteiger partial charge in [-0.1, -0.05) is 15.9 Å². The Kier molecular flexibility index (Phi) is 5.65. The fourth-order valence-electron chi connectivity index (χ4n) is 1.43. The quantitative estimate of drug-likeness (QED) is 0.581. The summed E-state index contributed by atoms with van der Waals surface area (Å²) in [5, 5.41) is 0.470. The highest BCUT2D eigenvalue weighted by molar-refractivity contribution is 9.09. The topological polar surface area (TPSA) is 35.5 Å². The van der Waals surface area contributed by atoms with Gasteiger partial charge in [0.15, 0.2) is 5.78 Å². The van der Waals surface area contributed by atoms with E-state index in [0.29, 0.717) is 5.33 Å². The van der Waals surface area contributed by atoms with E-state index in [-0.39, 0.29) is 30.1 Å². The molecule has 0 saturated carbocycles. The molecule has 1 rings (SSSR count). The Labute approximate surface area is 116 Å². The van der Waals surface area contributed by atoms with Crippen LogP contribution in [0, 0.1) is 0 Å². The summed E-state index contributed by atoms with van der Waals surface area (Å²) >= 11 is 3.13. The molecule has 0 aliphatic rings. The third-order valence-corrected chi connectivity index (χ3v) is 2.50. The van der Waals surface area contributed by atoms with Crippen molar-refractivity contribution >= 4 is 21.7 Å². The van der Waals surface area contributed by atoms with Crippen molar-refractivity contribution in [2.24, 2.45) is 0 Å². The van der Waals surface area contributed by atoms with Gasteiger partial charge in [-0.25, -0.2) is 0 Å². The monoisotopic (exact) mass is 340 g/mol. The highest BCUT2D eigenvalue weighted by Gasteiger charge is 2.31. The Hall–Kier alpha value is -1.24. The molecule has 0 bridgehead atoms. The molecule has 0 unspecified atom stereocenters. The summed E-state index contributed by atoms with van der Waals surface area (Å²) in [6.07, 6.45) is -4.54. The van der Waals surface area contributed by atoms with Gasteiger partial charge in [-0.3, -0.25) is 4.79 Å². The first-order chi connectivity index (χ1) is 8.87. The number of rotatable bonds is 6. The fraction of sp³-hybridized carbons (Fsp3) is 0.417. The van der Waals surface area contributed by atoms with Crippen LogP contribution in [0.15, 0.2) is 18.2 Å². The maximum atomic E-state index is 12.1. The van der Waals surface area contributed by atoms with Crippen molar-refractivity contribution in [3.8, 4) is 11.5 Å². The molecule has 0 spiro atoms. The predicted octanol–water partition coefficient (Wildman–Crippen LogP) is 3.95. The average molecular weight is 341 g/mol. The molecule has 19 heavy (non-hydrogen) atoms. The van der Waals surface area contributed by atoms with Crippen LogP contribution in [0.25, 0.3) is 0 Å². The van der Waals surface area contributed by atoms with Gasteiger partial charge in [-0.2, -0.15) is 0 Å². The molecule has 0 amide bonds. The van der Waals surface area contributed by atoms with Crippen molar-refractivity contribution in [3.63, 3.8) is 0 Å². The van der Waals surface area contributed by atoms with Crippen LogP contribution in [-0.2, 0) is 0 Å². The lowest BCUT2D eigenvalue weighted by Crippen LogP contribution is -2.17. The first-order valence-electron chi connectivity index (χ1n) is 5.49. The molecule has 0 fully saturated rings. The molecule has 3 nitrogen and oxygen atoms in total. The van der Waals surface area contributed by atoms with Gasteiger partial charge in [0.1, 0.15) is 11.5 Å². The summed E-state index contributed by atoms with van der Waals surface area (Å²) in [5.74, 6) is -0.527. The Morgan fingerprint density at radius 1 is 1.37 bits per heavy atom. The van der Waals surface area contributed by atoms with E-state index in [2.05, 4.69) is 20.7 Å². The normalized spacial score (nSPS) is 11.2. The molecule has 7 heteroatoms. The van der Waals surface area contributed by atoms with Gasteiger partial charge in [0.05, 0.1) is 12.2 Å². The van der Waals surface area contributed by atoms with E-state index < -0.39 is 12.1 Å². The molecule has 106 valence electrons. The largest absolute Gasteiger partial charge is 0.573 e. The van der Waals surface area contributed by atoms with Gasteiger partial charge < -0.3 is 9.47 Å². The SMILES string of the molecule is CCOc1cc(OC(F)(F)F)ccc1C(=O)CCBr. The number of hydrogen-bond donors (Lipinski definition) is 0. The zero-order chi connectivity index (χ0) is 14.5. The van der Waals surface area contributed by atoms with Crippen molar-refractivity contribution in [1.29, 1.82) is 0 Å². The number of halogens is 4. The first-order valence-corrected chi connectivity index (χ1v) is 6.61. The first kappa shape index (κ1) is 15.8. The second-order valence-electron chi connectivity index (χ2n) is 3.50. The third kappa shape index (κ3) is 5.10. The number of carbonyl (C=O) groups excluding carboxylic acids is 1. The van der Waals surface area contributed by atoms with E-state index in [4.69, 9.17) is 4.74 Å². The minimum atomic E-state index is -4.77. The highest BCUT2D eigenvalue weighted by Crippen LogP contribution is 2.30.